The van der Waals surface area contributed by atoms with Gasteiger partial charge in [0.15, 0.2) is 0 Å². The Morgan fingerprint density at radius 1 is 1.44 bits per heavy atom. The fourth-order valence-corrected chi connectivity index (χ4v) is 1.16. The first-order chi connectivity index (χ1) is 7.43. The molecule has 0 atom stereocenters. The van der Waals surface area contributed by atoms with E-state index < -0.39 is 5.97 Å². The molecule has 0 aromatic carbocycles. The molecule has 0 aromatic rings. The van der Waals surface area contributed by atoms with Gasteiger partial charge >= 0.3 is 12.0 Å². The van der Waals surface area contributed by atoms with Gasteiger partial charge in [-0.2, -0.15) is 0 Å². The monoisotopic (exact) mass is 232 g/mol. The number of carboxylic acid groups (broad SMARTS) is 1. The van der Waals surface area contributed by atoms with Gasteiger partial charge < -0.3 is 20.1 Å². The zero-order valence-electron chi connectivity index (χ0n) is 10.0. The van der Waals surface area contributed by atoms with E-state index >= 15 is 0 Å². The van der Waals surface area contributed by atoms with Crippen molar-refractivity contribution in [2.45, 2.75) is 13.8 Å². The van der Waals surface area contributed by atoms with Crippen LogP contribution in [0.1, 0.15) is 13.8 Å². The van der Waals surface area contributed by atoms with Gasteiger partial charge in [0.25, 0.3) is 0 Å². The summed E-state index contributed by atoms with van der Waals surface area (Å²) in [5.74, 6) is -0.595. The lowest BCUT2D eigenvalue weighted by Crippen LogP contribution is -2.40. The number of nitrogens with zero attached hydrogens (tertiary/aromatic N) is 1. The molecule has 2 amide bonds. The van der Waals surface area contributed by atoms with Crippen LogP contribution in [0.25, 0.3) is 0 Å². The van der Waals surface area contributed by atoms with Crippen LogP contribution in [0, 0.1) is 5.92 Å². The molecule has 94 valence electrons. The Morgan fingerprint density at radius 2 is 2.06 bits per heavy atom. The van der Waals surface area contributed by atoms with Crippen molar-refractivity contribution in [1.29, 1.82) is 0 Å². The molecule has 0 spiro atoms. The van der Waals surface area contributed by atoms with Crippen LogP contribution < -0.4 is 5.32 Å². The average Bonchev–Trinajstić information content (AvgIpc) is 2.15. The fraction of sp³-hybridized carbons (Fsp3) is 0.800. The highest BCUT2D eigenvalue weighted by Crippen LogP contribution is 1.95. The zero-order valence-corrected chi connectivity index (χ0v) is 10.0. The van der Waals surface area contributed by atoms with Crippen LogP contribution in [0.2, 0.25) is 0 Å². The molecule has 6 heteroatoms. The van der Waals surface area contributed by atoms with Gasteiger partial charge in [-0.1, -0.05) is 13.8 Å². The molecule has 0 saturated carbocycles. The SMILES string of the molecule is CC(C)CN(C)C(=O)NCCOCC(=O)O. The molecule has 6 nitrogen and oxygen atoms in total. The maximum absolute atomic E-state index is 11.4. The quantitative estimate of drug-likeness (QED) is 0.622. The van der Waals surface area contributed by atoms with Crippen LogP contribution >= 0.6 is 0 Å². The molecule has 0 rings (SSSR count). The second kappa shape index (κ2) is 7.92. The van der Waals surface area contributed by atoms with Gasteiger partial charge in [0.1, 0.15) is 6.61 Å². The van der Waals surface area contributed by atoms with Crippen molar-refractivity contribution in [2.75, 3.05) is 33.4 Å². The van der Waals surface area contributed by atoms with Gasteiger partial charge in [-0.25, -0.2) is 9.59 Å². The summed E-state index contributed by atoms with van der Waals surface area (Å²) in [5, 5.41) is 10.9. The number of hydrogen-bond donors (Lipinski definition) is 2. The van der Waals surface area contributed by atoms with E-state index in [2.05, 4.69) is 5.32 Å². The molecule has 0 aliphatic carbocycles. The number of carbonyl (C=O) groups excluding carboxylic acids is 1. The molecular formula is C10H20N2O4. The number of carbonyl (C=O) groups is 2. The van der Waals surface area contributed by atoms with Crippen LogP contribution in [-0.4, -0.2) is 55.4 Å². The molecule has 0 saturated heterocycles. The van der Waals surface area contributed by atoms with Crippen molar-refractivity contribution in [3.8, 4) is 0 Å². The van der Waals surface area contributed by atoms with Crippen LogP contribution in [0.15, 0.2) is 0 Å². The van der Waals surface area contributed by atoms with E-state index in [0.29, 0.717) is 19.0 Å². The van der Waals surface area contributed by atoms with E-state index in [1.54, 1.807) is 11.9 Å². The van der Waals surface area contributed by atoms with Gasteiger partial charge in [0.05, 0.1) is 6.61 Å². The molecular weight excluding hydrogens is 212 g/mol. The summed E-state index contributed by atoms with van der Waals surface area (Å²) in [5.41, 5.74) is 0. The number of carboxylic acids is 1. The third-order valence-corrected chi connectivity index (χ3v) is 1.73. The minimum absolute atomic E-state index is 0.173. The smallest absolute Gasteiger partial charge is 0.329 e. The third-order valence-electron chi connectivity index (χ3n) is 1.73. The van der Waals surface area contributed by atoms with E-state index in [1.807, 2.05) is 13.8 Å². The van der Waals surface area contributed by atoms with Crippen molar-refractivity contribution < 1.29 is 19.4 Å². The average molecular weight is 232 g/mol. The molecule has 0 aliphatic rings. The summed E-state index contributed by atoms with van der Waals surface area (Å²) in [7, 11) is 1.72. The molecule has 0 unspecified atom stereocenters. The first-order valence-electron chi connectivity index (χ1n) is 5.22. The largest absolute Gasteiger partial charge is 0.480 e. The van der Waals surface area contributed by atoms with E-state index in [-0.39, 0.29) is 19.2 Å². The third kappa shape index (κ3) is 8.05. The number of aliphatic carboxylic acids is 1. The van der Waals surface area contributed by atoms with Gasteiger partial charge in [0.2, 0.25) is 0 Å². The number of urea groups is 1. The Hall–Kier alpha value is -1.30. The van der Waals surface area contributed by atoms with E-state index in [4.69, 9.17) is 9.84 Å². The Labute approximate surface area is 95.6 Å². The molecule has 0 radical (unpaired) electrons. The molecule has 0 heterocycles. The van der Waals surface area contributed by atoms with Crippen molar-refractivity contribution in [1.82, 2.24) is 10.2 Å². The number of amides is 2. The summed E-state index contributed by atoms with van der Waals surface area (Å²) in [6.45, 7) is 4.92. The second-order valence-electron chi connectivity index (χ2n) is 3.95. The fourth-order valence-electron chi connectivity index (χ4n) is 1.16. The van der Waals surface area contributed by atoms with Gasteiger partial charge in [-0.15, -0.1) is 0 Å². The number of rotatable bonds is 7. The van der Waals surface area contributed by atoms with Crippen molar-refractivity contribution in [2.24, 2.45) is 5.92 Å². The van der Waals surface area contributed by atoms with Crippen LogP contribution in [0.5, 0.6) is 0 Å². The Morgan fingerprint density at radius 3 is 2.56 bits per heavy atom. The molecule has 0 aliphatic heterocycles. The van der Waals surface area contributed by atoms with Crippen molar-refractivity contribution in [3.05, 3.63) is 0 Å². The second-order valence-corrected chi connectivity index (χ2v) is 3.95. The molecule has 16 heavy (non-hydrogen) atoms. The first kappa shape index (κ1) is 14.7. The van der Waals surface area contributed by atoms with E-state index in [9.17, 15) is 9.59 Å². The Kier molecular flexibility index (Phi) is 7.28. The standard InChI is InChI=1S/C10H20N2O4/c1-8(2)6-12(3)10(15)11-4-5-16-7-9(13)14/h8H,4-7H2,1-3H3,(H,11,15)(H,13,14). The minimum Gasteiger partial charge on any atom is -0.480 e. The predicted octanol–water partition coefficient (Wildman–Crippen LogP) is 0.385. The first-order valence-corrected chi connectivity index (χ1v) is 5.22. The number of ether oxygens (including phenoxy) is 1. The summed E-state index contributed by atoms with van der Waals surface area (Å²) in [6.07, 6.45) is 0. The zero-order chi connectivity index (χ0) is 12.6. The highest BCUT2D eigenvalue weighted by molar-refractivity contribution is 5.73. The van der Waals surface area contributed by atoms with Gasteiger partial charge in [-0.3, -0.25) is 0 Å². The molecule has 2 N–H and O–H groups in total. The summed E-state index contributed by atoms with van der Waals surface area (Å²) in [4.78, 5) is 23.1. The maximum Gasteiger partial charge on any atom is 0.329 e. The van der Waals surface area contributed by atoms with Crippen molar-refractivity contribution >= 4 is 12.0 Å². The van der Waals surface area contributed by atoms with E-state index in [1.165, 1.54) is 0 Å². The minimum atomic E-state index is -1.01. The summed E-state index contributed by atoms with van der Waals surface area (Å²) in [6, 6.07) is -0.173. The van der Waals surface area contributed by atoms with E-state index in [0.717, 1.165) is 0 Å². The van der Waals surface area contributed by atoms with Crippen LogP contribution in [0.3, 0.4) is 0 Å². The lowest BCUT2D eigenvalue weighted by atomic mass is 10.2. The maximum atomic E-state index is 11.4. The highest BCUT2D eigenvalue weighted by Gasteiger charge is 2.08. The number of hydrogen-bond acceptors (Lipinski definition) is 3. The van der Waals surface area contributed by atoms with Crippen LogP contribution in [-0.2, 0) is 9.53 Å². The lowest BCUT2D eigenvalue weighted by Gasteiger charge is -2.19. The summed E-state index contributed by atoms with van der Waals surface area (Å²) < 4.78 is 4.77. The topological polar surface area (TPSA) is 78.9 Å². The Balaban J connectivity index is 3.53. The highest BCUT2D eigenvalue weighted by atomic mass is 16.5. The van der Waals surface area contributed by atoms with Gasteiger partial charge in [0, 0.05) is 20.1 Å². The lowest BCUT2D eigenvalue weighted by molar-refractivity contribution is -0.142. The Bertz CT molecular complexity index is 231. The molecule has 0 aromatic heterocycles. The normalized spacial score (nSPS) is 10.2. The number of nitrogens with one attached hydrogen (secondary N) is 1. The predicted molar refractivity (Wildman–Crippen MR) is 59.3 cm³/mol. The van der Waals surface area contributed by atoms with Crippen LogP contribution in [0.4, 0.5) is 4.79 Å². The molecule has 0 bridgehead atoms. The van der Waals surface area contributed by atoms with Crippen molar-refractivity contribution in [3.63, 3.8) is 0 Å². The molecule has 0 fully saturated rings. The van der Waals surface area contributed by atoms with Gasteiger partial charge in [-0.05, 0) is 5.92 Å². The summed E-state index contributed by atoms with van der Waals surface area (Å²) >= 11 is 0.